The van der Waals surface area contributed by atoms with E-state index in [2.05, 4.69) is 6.58 Å². The van der Waals surface area contributed by atoms with Gasteiger partial charge in [-0.15, -0.1) is 17.9 Å². The van der Waals surface area contributed by atoms with Crippen LogP contribution in [0.5, 0.6) is 5.75 Å². The Balaban J connectivity index is 1.81. The van der Waals surface area contributed by atoms with Gasteiger partial charge in [0.25, 0.3) is 0 Å². The van der Waals surface area contributed by atoms with Crippen molar-refractivity contribution in [1.29, 1.82) is 0 Å². The molecular formula is C23H27ClN2O4S2. The molecule has 6 nitrogen and oxygen atoms in total. The number of hydrogen-bond donors (Lipinski definition) is 0. The number of rotatable bonds is 9. The zero-order valence-electron chi connectivity index (χ0n) is 18.0. The highest BCUT2D eigenvalue weighted by molar-refractivity contribution is 7.89. The predicted molar refractivity (Wildman–Crippen MR) is 130 cm³/mol. The molecule has 0 aliphatic carbocycles. The Labute approximate surface area is 198 Å². The lowest BCUT2D eigenvalue weighted by Gasteiger charge is -2.26. The minimum absolute atomic E-state index is 0.118. The Kier molecular flexibility index (Phi) is 8.53. The second-order valence-corrected chi connectivity index (χ2v) is 11.1. The van der Waals surface area contributed by atoms with E-state index in [1.807, 2.05) is 6.07 Å². The summed E-state index contributed by atoms with van der Waals surface area (Å²) in [7, 11) is -2.22. The Morgan fingerprint density at radius 3 is 2.62 bits per heavy atom. The van der Waals surface area contributed by atoms with Crippen molar-refractivity contribution in [3.05, 3.63) is 63.8 Å². The predicted octanol–water partition coefficient (Wildman–Crippen LogP) is 4.81. The van der Waals surface area contributed by atoms with Gasteiger partial charge in [-0.3, -0.25) is 4.79 Å². The van der Waals surface area contributed by atoms with Crippen LogP contribution in [0.2, 0.25) is 4.34 Å². The first-order chi connectivity index (χ1) is 15.3. The van der Waals surface area contributed by atoms with Crippen LogP contribution in [0, 0.1) is 0 Å². The van der Waals surface area contributed by atoms with Crippen molar-refractivity contribution in [2.24, 2.45) is 0 Å². The summed E-state index contributed by atoms with van der Waals surface area (Å²) < 4.78 is 33.9. The number of piperidine rings is 1. The van der Waals surface area contributed by atoms with Crippen LogP contribution in [0.3, 0.4) is 0 Å². The van der Waals surface area contributed by atoms with E-state index in [9.17, 15) is 13.2 Å². The van der Waals surface area contributed by atoms with Gasteiger partial charge in [0, 0.05) is 30.6 Å². The molecule has 0 saturated carbocycles. The number of benzene rings is 1. The quantitative estimate of drug-likeness (QED) is 0.370. The average Bonchev–Trinajstić information content (AvgIpc) is 3.22. The van der Waals surface area contributed by atoms with E-state index in [-0.39, 0.29) is 10.8 Å². The summed E-state index contributed by atoms with van der Waals surface area (Å²) in [6.45, 7) is 5.54. The lowest BCUT2D eigenvalue weighted by Crippen LogP contribution is -2.35. The fourth-order valence-electron chi connectivity index (χ4n) is 3.53. The highest BCUT2D eigenvalue weighted by Crippen LogP contribution is 2.30. The molecule has 1 aromatic heterocycles. The molecule has 172 valence electrons. The van der Waals surface area contributed by atoms with Gasteiger partial charge in [-0.2, -0.15) is 4.31 Å². The van der Waals surface area contributed by atoms with Crippen LogP contribution in [-0.4, -0.2) is 50.3 Å². The van der Waals surface area contributed by atoms with Gasteiger partial charge in [0.2, 0.25) is 15.9 Å². The van der Waals surface area contributed by atoms with Crippen molar-refractivity contribution in [3.8, 4) is 5.75 Å². The highest BCUT2D eigenvalue weighted by Gasteiger charge is 2.29. The molecule has 1 aliphatic heterocycles. The molecule has 3 rings (SSSR count). The monoisotopic (exact) mass is 494 g/mol. The minimum Gasteiger partial charge on any atom is -0.495 e. The Bertz CT molecular complexity index is 1090. The van der Waals surface area contributed by atoms with Gasteiger partial charge in [0.1, 0.15) is 10.6 Å². The van der Waals surface area contributed by atoms with Crippen molar-refractivity contribution < 1.29 is 17.9 Å². The molecule has 0 unspecified atom stereocenters. The molecule has 1 fully saturated rings. The molecule has 1 aromatic carbocycles. The van der Waals surface area contributed by atoms with Crippen LogP contribution < -0.4 is 4.74 Å². The van der Waals surface area contributed by atoms with Crippen LogP contribution in [0.25, 0.3) is 6.08 Å². The maximum Gasteiger partial charge on any atom is 0.247 e. The summed E-state index contributed by atoms with van der Waals surface area (Å²) in [6.07, 6.45) is 7.46. The number of ether oxygens (including phenoxy) is 1. The summed E-state index contributed by atoms with van der Waals surface area (Å²) in [4.78, 5) is 15.5. The zero-order valence-corrected chi connectivity index (χ0v) is 20.4. The number of thiophene rings is 1. The Morgan fingerprint density at radius 2 is 2.00 bits per heavy atom. The third kappa shape index (κ3) is 6.01. The van der Waals surface area contributed by atoms with Crippen LogP contribution in [0.15, 0.2) is 54.0 Å². The summed E-state index contributed by atoms with van der Waals surface area (Å²) in [5.74, 6) is 0.0904. The number of sulfonamides is 1. The van der Waals surface area contributed by atoms with E-state index >= 15 is 0 Å². The minimum atomic E-state index is -3.67. The molecular weight excluding hydrogens is 468 g/mol. The third-order valence-electron chi connectivity index (χ3n) is 5.18. The van der Waals surface area contributed by atoms with E-state index in [1.54, 1.807) is 41.3 Å². The van der Waals surface area contributed by atoms with Crippen molar-refractivity contribution in [2.45, 2.75) is 30.7 Å². The molecule has 2 heterocycles. The maximum absolute atomic E-state index is 13.2. The lowest BCUT2D eigenvalue weighted by molar-refractivity contribution is -0.126. The number of methoxy groups -OCH3 is 1. The van der Waals surface area contributed by atoms with Crippen LogP contribution in [0.4, 0.5) is 0 Å². The van der Waals surface area contributed by atoms with Gasteiger partial charge < -0.3 is 9.64 Å². The van der Waals surface area contributed by atoms with Gasteiger partial charge in [-0.1, -0.05) is 30.2 Å². The zero-order chi connectivity index (χ0) is 23.1. The first kappa shape index (κ1) is 24.5. The first-order valence-electron chi connectivity index (χ1n) is 10.4. The Morgan fingerprint density at radius 1 is 1.25 bits per heavy atom. The summed E-state index contributed by atoms with van der Waals surface area (Å²) in [5, 5.41) is 0. The number of hydrogen-bond acceptors (Lipinski definition) is 5. The number of carbonyl (C=O) groups excluding carboxylic acids is 1. The van der Waals surface area contributed by atoms with Crippen LogP contribution in [0.1, 0.15) is 29.7 Å². The Hall–Kier alpha value is -2.13. The fourth-order valence-corrected chi connectivity index (χ4v) is 6.34. The summed E-state index contributed by atoms with van der Waals surface area (Å²) >= 11 is 7.42. The number of nitrogens with zero attached hydrogens (tertiary/aromatic N) is 2. The van der Waals surface area contributed by atoms with Gasteiger partial charge in [0.05, 0.1) is 18.0 Å². The van der Waals surface area contributed by atoms with Crippen molar-refractivity contribution in [2.75, 3.05) is 26.7 Å². The fraction of sp³-hybridized carbons (Fsp3) is 0.348. The van der Waals surface area contributed by atoms with Crippen LogP contribution >= 0.6 is 22.9 Å². The largest absolute Gasteiger partial charge is 0.495 e. The van der Waals surface area contributed by atoms with Crippen molar-refractivity contribution >= 4 is 44.9 Å². The molecule has 0 spiro atoms. The van der Waals surface area contributed by atoms with E-state index in [0.717, 1.165) is 24.1 Å². The SMILES string of the molecule is C=CCN(Cc1ccc(Cl)s1)C(=O)/C=C/c1ccc(OC)c(S(=O)(=O)N2CCCCC2)c1. The molecule has 0 radical (unpaired) electrons. The standard InChI is InChI=1S/C23H27ClN2O4S2/c1-3-13-25(17-19-9-11-22(24)31-19)23(27)12-8-18-7-10-20(30-2)21(16-18)32(28,29)26-14-5-4-6-15-26/h3,7-12,16H,1,4-6,13-15,17H2,2H3/b12-8+. The van der Waals surface area contributed by atoms with E-state index in [4.69, 9.17) is 16.3 Å². The molecule has 0 atom stereocenters. The van der Waals surface area contributed by atoms with Gasteiger partial charge >= 0.3 is 0 Å². The smallest absolute Gasteiger partial charge is 0.247 e. The highest BCUT2D eigenvalue weighted by atomic mass is 35.5. The average molecular weight is 495 g/mol. The van der Waals surface area contributed by atoms with E-state index < -0.39 is 10.0 Å². The first-order valence-corrected chi connectivity index (χ1v) is 13.0. The van der Waals surface area contributed by atoms with E-state index in [1.165, 1.54) is 28.8 Å². The van der Waals surface area contributed by atoms with Crippen LogP contribution in [-0.2, 0) is 21.4 Å². The number of carbonyl (C=O) groups is 1. The van der Waals surface area contributed by atoms with Gasteiger partial charge in [-0.25, -0.2) is 8.42 Å². The second kappa shape index (κ2) is 11.1. The summed E-state index contributed by atoms with van der Waals surface area (Å²) in [5.41, 5.74) is 0.604. The maximum atomic E-state index is 13.2. The topological polar surface area (TPSA) is 66.9 Å². The molecule has 1 aliphatic rings. The normalized spacial score (nSPS) is 15.1. The summed E-state index contributed by atoms with van der Waals surface area (Å²) in [6, 6.07) is 8.60. The molecule has 0 bridgehead atoms. The molecule has 1 saturated heterocycles. The number of halogens is 1. The van der Waals surface area contributed by atoms with Crippen molar-refractivity contribution in [1.82, 2.24) is 9.21 Å². The second-order valence-electron chi connectivity index (χ2n) is 7.42. The molecule has 9 heteroatoms. The lowest BCUT2D eigenvalue weighted by atomic mass is 10.2. The molecule has 1 amide bonds. The molecule has 2 aromatic rings. The van der Waals surface area contributed by atoms with Gasteiger partial charge in [0.15, 0.2) is 0 Å². The van der Waals surface area contributed by atoms with E-state index in [0.29, 0.717) is 41.8 Å². The molecule has 32 heavy (non-hydrogen) atoms. The van der Waals surface area contributed by atoms with Crippen molar-refractivity contribution in [3.63, 3.8) is 0 Å². The number of amides is 1. The van der Waals surface area contributed by atoms with Gasteiger partial charge in [-0.05, 0) is 48.7 Å². The third-order valence-corrected chi connectivity index (χ3v) is 8.31. The molecule has 0 N–H and O–H groups in total.